The minimum Gasteiger partial charge on any atom is -0.310 e. The van der Waals surface area contributed by atoms with Crippen LogP contribution in [-0.2, 0) is 16.8 Å². The molecule has 0 aliphatic rings. The SMILES string of the molecule is C=CCn1c(SCC(=O)Nc2cc(C(C)(C)C)nn2-c2ccccc2)nc2ccccc2c1=O. The molecule has 0 aliphatic heterocycles. The number of amides is 1. The average molecular weight is 474 g/mol. The van der Waals surface area contributed by atoms with Crippen LogP contribution in [0.1, 0.15) is 26.5 Å². The van der Waals surface area contributed by atoms with Crippen LogP contribution in [0.5, 0.6) is 0 Å². The molecule has 0 aliphatic carbocycles. The fourth-order valence-electron chi connectivity index (χ4n) is 3.46. The van der Waals surface area contributed by atoms with E-state index >= 15 is 0 Å². The Kier molecular flexibility index (Phi) is 6.70. The highest BCUT2D eigenvalue weighted by Gasteiger charge is 2.22. The van der Waals surface area contributed by atoms with Crippen LogP contribution in [0.2, 0.25) is 0 Å². The fourth-order valence-corrected chi connectivity index (χ4v) is 4.27. The number of nitrogens with one attached hydrogen (secondary N) is 1. The summed E-state index contributed by atoms with van der Waals surface area (Å²) < 4.78 is 3.28. The minimum atomic E-state index is -0.213. The van der Waals surface area contributed by atoms with E-state index < -0.39 is 0 Å². The summed E-state index contributed by atoms with van der Waals surface area (Å²) in [5.74, 6) is 0.471. The molecule has 2 heterocycles. The van der Waals surface area contributed by atoms with Crippen molar-refractivity contribution < 1.29 is 4.79 Å². The minimum absolute atomic E-state index is 0.0900. The first-order valence-electron chi connectivity index (χ1n) is 11.0. The van der Waals surface area contributed by atoms with Gasteiger partial charge in [-0.2, -0.15) is 5.10 Å². The first-order valence-corrected chi connectivity index (χ1v) is 12.0. The van der Waals surface area contributed by atoms with Crippen molar-refractivity contribution in [3.63, 3.8) is 0 Å². The maximum Gasteiger partial charge on any atom is 0.262 e. The molecule has 7 nitrogen and oxygen atoms in total. The number of thioether (sulfide) groups is 1. The number of nitrogens with zero attached hydrogens (tertiary/aromatic N) is 4. The van der Waals surface area contributed by atoms with Gasteiger partial charge >= 0.3 is 0 Å². The number of benzene rings is 2. The third kappa shape index (κ3) is 4.97. The fraction of sp³-hybridized carbons (Fsp3) is 0.231. The predicted molar refractivity (Wildman–Crippen MR) is 138 cm³/mol. The molecule has 0 spiro atoms. The Hall–Kier alpha value is -3.65. The Balaban J connectivity index is 1.59. The lowest BCUT2D eigenvalue weighted by Crippen LogP contribution is -2.24. The van der Waals surface area contributed by atoms with Crippen LogP contribution in [0.15, 0.2) is 83.3 Å². The lowest BCUT2D eigenvalue weighted by Gasteiger charge is -2.14. The molecule has 0 saturated heterocycles. The van der Waals surface area contributed by atoms with Crippen molar-refractivity contribution in [3.05, 3.63) is 89.4 Å². The van der Waals surface area contributed by atoms with Crippen LogP contribution in [0.3, 0.4) is 0 Å². The number of hydrogen-bond donors (Lipinski definition) is 1. The largest absolute Gasteiger partial charge is 0.310 e. The molecule has 0 bridgehead atoms. The van der Waals surface area contributed by atoms with Gasteiger partial charge in [-0.05, 0) is 24.3 Å². The van der Waals surface area contributed by atoms with Gasteiger partial charge in [-0.15, -0.1) is 6.58 Å². The molecule has 2 aromatic heterocycles. The molecule has 8 heteroatoms. The summed E-state index contributed by atoms with van der Waals surface area (Å²) >= 11 is 1.22. The molecule has 0 atom stereocenters. The summed E-state index contributed by atoms with van der Waals surface area (Å²) in [7, 11) is 0. The van der Waals surface area contributed by atoms with E-state index in [4.69, 9.17) is 5.10 Å². The number of carbonyl (C=O) groups excluding carboxylic acids is 1. The summed E-state index contributed by atoms with van der Waals surface area (Å²) in [4.78, 5) is 30.5. The molecule has 1 amide bonds. The van der Waals surface area contributed by atoms with Gasteiger partial charge in [-0.3, -0.25) is 14.2 Å². The van der Waals surface area contributed by atoms with Crippen LogP contribution < -0.4 is 10.9 Å². The van der Waals surface area contributed by atoms with E-state index in [1.165, 1.54) is 11.8 Å². The van der Waals surface area contributed by atoms with Crippen LogP contribution in [-0.4, -0.2) is 31.0 Å². The highest BCUT2D eigenvalue weighted by Crippen LogP contribution is 2.26. The number of hydrogen-bond acceptors (Lipinski definition) is 5. The van der Waals surface area contributed by atoms with Gasteiger partial charge in [-0.1, -0.05) is 68.9 Å². The number of carbonyl (C=O) groups is 1. The molecule has 34 heavy (non-hydrogen) atoms. The van der Waals surface area contributed by atoms with Crippen molar-refractivity contribution in [2.24, 2.45) is 0 Å². The monoisotopic (exact) mass is 473 g/mol. The van der Waals surface area contributed by atoms with Gasteiger partial charge in [0.15, 0.2) is 5.16 Å². The first-order chi connectivity index (χ1) is 16.3. The van der Waals surface area contributed by atoms with Crippen molar-refractivity contribution in [1.82, 2.24) is 19.3 Å². The molecule has 2 aromatic carbocycles. The molecule has 4 rings (SSSR count). The van der Waals surface area contributed by atoms with Gasteiger partial charge < -0.3 is 5.32 Å². The molecular weight excluding hydrogens is 446 g/mol. The van der Waals surface area contributed by atoms with Gasteiger partial charge in [-0.25, -0.2) is 9.67 Å². The Labute approximate surface area is 202 Å². The zero-order valence-corrected chi connectivity index (χ0v) is 20.3. The second kappa shape index (κ2) is 9.69. The van der Waals surface area contributed by atoms with Gasteiger partial charge in [0, 0.05) is 18.0 Å². The van der Waals surface area contributed by atoms with E-state index in [1.54, 1.807) is 27.5 Å². The molecular formula is C26H27N5O2S. The third-order valence-corrected chi connectivity index (χ3v) is 6.19. The van der Waals surface area contributed by atoms with Crippen LogP contribution in [0.4, 0.5) is 5.82 Å². The number of allylic oxidation sites excluding steroid dienone is 1. The third-order valence-electron chi connectivity index (χ3n) is 5.22. The van der Waals surface area contributed by atoms with E-state index in [0.717, 1.165) is 11.4 Å². The van der Waals surface area contributed by atoms with Crippen molar-refractivity contribution in [2.75, 3.05) is 11.1 Å². The summed E-state index contributed by atoms with van der Waals surface area (Å²) in [6.07, 6.45) is 1.65. The van der Waals surface area contributed by atoms with Crippen molar-refractivity contribution in [2.45, 2.75) is 37.9 Å². The topological polar surface area (TPSA) is 81.8 Å². The summed E-state index contributed by atoms with van der Waals surface area (Å²) in [5.41, 5.74) is 2.01. The Bertz CT molecular complexity index is 1400. The quantitative estimate of drug-likeness (QED) is 0.237. The van der Waals surface area contributed by atoms with Crippen molar-refractivity contribution in [3.8, 4) is 5.69 Å². The van der Waals surface area contributed by atoms with Crippen LogP contribution in [0.25, 0.3) is 16.6 Å². The van der Waals surface area contributed by atoms with Crippen LogP contribution >= 0.6 is 11.8 Å². The smallest absolute Gasteiger partial charge is 0.262 e. The summed E-state index contributed by atoms with van der Waals surface area (Å²) in [6.45, 7) is 10.3. The maximum absolute atomic E-state index is 12.9. The lowest BCUT2D eigenvalue weighted by molar-refractivity contribution is -0.113. The van der Waals surface area contributed by atoms with Gasteiger partial charge in [0.25, 0.3) is 5.56 Å². The molecule has 4 aromatic rings. The Morgan fingerprint density at radius 3 is 2.53 bits per heavy atom. The Morgan fingerprint density at radius 2 is 1.82 bits per heavy atom. The zero-order valence-electron chi connectivity index (χ0n) is 19.5. The predicted octanol–water partition coefficient (Wildman–Crippen LogP) is 4.80. The lowest BCUT2D eigenvalue weighted by atomic mass is 9.92. The normalized spacial score (nSPS) is 11.5. The van der Waals surface area contributed by atoms with Gasteiger partial charge in [0.1, 0.15) is 5.82 Å². The van der Waals surface area contributed by atoms with E-state index in [0.29, 0.717) is 28.4 Å². The Morgan fingerprint density at radius 1 is 1.12 bits per heavy atom. The number of rotatable bonds is 7. The van der Waals surface area contributed by atoms with E-state index in [9.17, 15) is 9.59 Å². The van der Waals surface area contributed by atoms with Crippen molar-refractivity contribution >= 4 is 34.4 Å². The number of fused-ring (bicyclic) bond motifs is 1. The molecule has 1 N–H and O–H groups in total. The second-order valence-electron chi connectivity index (χ2n) is 8.86. The number of aromatic nitrogens is 4. The average Bonchev–Trinajstić information content (AvgIpc) is 3.25. The highest BCUT2D eigenvalue weighted by atomic mass is 32.2. The zero-order chi connectivity index (χ0) is 24.3. The molecule has 0 unspecified atom stereocenters. The van der Waals surface area contributed by atoms with Gasteiger partial charge in [0.2, 0.25) is 5.91 Å². The van der Waals surface area contributed by atoms with E-state index in [-0.39, 0.29) is 22.6 Å². The molecule has 0 radical (unpaired) electrons. The van der Waals surface area contributed by atoms with Crippen LogP contribution in [0, 0.1) is 0 Å². The molecule has 0 fully saturated rings. The highest BCUT2D eigenvalue weighted by molar-refractivity contribution is 7.99. The van der Waals surface area contributed by atoms with Crippen molar-refractivity contribution in [1.29, 1.82) is 0 Å². The van der Waals surface area contributed by atoms with Gasteiger partial charge in [0.05, 0.1) is 28.0 Å². The number of para-hydroxylation sites is 2. The standard InChI is InChI=1S/C26H27N5O2S/c1-5-15-30-24(33)19-13-9-10-14-20(19)27-25(30)34-17-23(32)28-22-16-21(26(2,3)4)29-31(22)18-11-7-6-8-12-18/h5-14,16H,1,15,17H2,2-4H3,(H,28,32). The van der Waals surface area contributed by atoms with E-state index in [2.05, 4.69) is 37.7 Å². The first kappa shape index (κ1) is 23.5. The summed E-state index contributed by atoms with van der Waals surface area (Å²) in [5, 5.41) is 8.73. The molecule has 174 valence electrons. The maximum atomic E-state index is 12.9. The number of anilines is 1. The van der Waals surface area contributed by atoms with E-state index in [1.807, 2.05) is 48.5 Å². The second-order valence-corrected chi connectivity index (χ2v) is 9.81. The molecule has 0 saturated carbocycles. The summed E-state index contributed by atoms with van der Waals surface area (Å²) in [6, 6.07) is 18.8.